The van der Waals surface area contributed by atoms with Crippen molar-refractivity contribution in [3.8, 4) is 5.75 Å². The summed E-state index contributed by atoms with van der Waals surface area (Å²) in [5.41, 5.74) is 3.14. The molecule has 0 bridgehead atoms. The van der Waals surface area contributed by atoms with Gasteiger partial charge in [0.05, 0.1) is 0 Å². The highest BCUT2D eigenvalue weighted by Crippen LogP contribution is 2.23. The van der Waals surface area contributed by atoms with E-state index < -0.39 is 0 Å². The monoisotopic (exact) mass is 424 g/mol. The van der Waals surface area contributed by atoms with Gasteiger partial charge in [-0.15, -0.1) is 0 Å². The van der Waals surface area contributed by atoms with Crippen LogP contribution in [0.3, 0.4) is 0 Å². The van der Waals surface area contributed by atoms with Crippen LogP contribution >= 0.6 is 0 Å². The number of fused-ring (bicyclic) bond motifs is 1. The zero-order chi connectivity index (χ0) is 22.2. The lowest BCUT2D eigenvalue weighted by Gasteiger charge is -2.20. The van der Waals surface area contributed by atoms with E-state index in [1.165, 1.54) is 5.56 Å². The van der Waals surface area contributed by atoms with Gasteiger partial charge in [0.25, 0.3) is 0 Å². The fourth-order valence-electron chi connectivity index (χ4n) is 3.88. The summed E-state index contributed by atoms with van der Waals surface area (Å²) in [7, 11) is 0. The van der Waals surface area contributed by atoms with Gasteiger partial charge in [-0.2, -0.15) is 4.98 Å². The van der Waals surface area contributed by atoms with E-state index in [9.17, 15) is 5.11 Å². The lowest BCUT2D eigenvalue weighted by Crippen LogP contribution is -2.26. The first kappa shape index (κ1) is 22.9. The highest BCUT2D eigenvalue weighted by Gasteiger charge is 2.09. The van der Waals surface area contributed by atoms with Crippen molar-refractivity contribution in [2.24, 2.45) is 0 Å². The van der Waals surface area contributed by atoms with Crippen molar-refractivity contribution in [2.45, 2.75) is 53.0 Å². The van der Waals surface area contributed by atoms with Crippen LogP contribution in [0.15, 0.2) is 30.5 Å². The maximum absolute atomic E-state index is 9.76. The van der Waals surface area contributed by atoms with Gasteiger partial charge in [-0.1, -0.05) is 13.8 Å². The van der Waals surface area contributed by atoms with Crippen molar-refractivity contribution in [3.63, 3.8) is 0 Å². The summed E-state index contributed by atoms with van der Waals surface area (Å²) in [5.74, 6) is 1.79. The van der Waals surface area contributed by atoms with Gasteiger partial charge in [0.2, 0.25) is 5.95 Å². The molecule has 3 aromatic rings. The van der Waals surface area contributed by atoms with Crippen molar-refractivity contribution < 1.29 is 5.11 Å². The third-order valence-corrected chi connectivity index (χ3v) is 5.69. The van der Waals surface area contributed by atoms with E-state index in [2.05, 4.69) is 51.3 Å². The molecule has 2 heterocycles. The topological polar surface area (TPSA) is 89.1 Å². The van der Waals surface area contributed by atoms with Gasteiger partial charge in [0.15, 0.2) is 0 Å². The first-order chi connectivity index (χ1) is 15.0. The van der Waals surface area contributed by atoms with Crippen molar-refractivity contribution in [3.05, 3.63) is 41.7 Å². The van der Waals surface area contributed by atoms with Crippen LogP contribution in [-0.4, -0.2) is 57.2 Å². The molecule has 2 aromatic heterocycles. The zero-order valence-corrected chi connectivity index (χ0v) is 19.2. The van der Waals surface area contributed by atoms with E-state index in [0.29, 0.717) is 12.0 Å². The third-order valence-electron chi connectivity index (χ3n) is 5.69. The Balaban J connectivity index is 1.52. The average Bonchev–Trinajstić information content (AvgIpc) is 3.13. The Hall–Kier alpha value is -2.80. The number of nitrogens with zero attached hydrogens (tertiary/aromatic N) is 3. The molecule has 0 saturated carbocycles. The Labute approximate surface area is 185 Å². The molecule has 0 amide bonds. The summed E-state index contributed by atoms with van der Waals surface area (Å²) in [4.78, 5) is 14.9. The lowest BCUT2D eigenvalue weighted by atomic mass is 10.1. The number of aromatic nitrogens is 3. The molecule has 3 rings (SSSR count). The Kier molecular flexibility index (Phi) is 8.12. The number of anilines is 2. The number of nitrogens with one attached hydrogen (secondary N) is 3. The van der Waals surface area contributed by atoms with E-state index in [-0.39, 0.29) is 5.75 Å². The van der Waals surface area contributed by atoms with Crippen molar-refractivity contribution in [1.82, 2.24) is 19.9 Å². The van der Waals surface area contributed by atoms with Crippen LogP contribution in [0, 0.1) is 6.92 Å². The van der Waals surface area contributed by atoms with Crippen LogP contribution < -0.4 is 10.6 Å². The number of hydrogen-bond acceptors (Lipinski definition) is 6. The molecule has 0 fully saturated rings. The number of phenols is 1. The Morgan fingerprint density at radius 2 is 1.97 bits per heavy atom. The summed E-state index contributed by atoms with van der Waals surface area (Å²) >= 11 is 0. The minimum atomic E-state index is 0.287. The number of phenolic OH excluding ortho intramolecular Hbond substituents is 1. The van der Waals surface area contributed by atoms with E-state index in [0.717, 1.165) is 67.9 Å². The second-order valence-corrected chi connectivity index (χ2v) is 8.15. The zero-order valence-electron chi connectivity index (χ0n) is 19.2. The van der Waals surface area contributed by atoms with Crippen molar-refractivity contribution in [1.29, 1.82) is 0 Å². The van der Waals surface area contributed by atoms with E-state index >= 15 is 0 Å². The number of H-pyrrole nitrogens is 1. The SMILES string of the molecule is CCN(CC)CCCC(C)Nc1nc(C)cc(NCCc2c[nH]c3ccc(O)cc23)n1. The average molecular weight is 425 g/mol. The highest BCUT2D eigenvalue weighted by molar-refractivity contribution is 5.84. The Morgan fingerprint density at radius 3 is 2.74 bits per heavy atom. The van der Waals surface area contributed by atoms with Crippen LogP contribution in [-0.2, 0) is 6.42 Å². The van der Waals surface area contributed by atoms with Crippen LogP contribution in [0.4, 0.5) is 11.8 Å². The van der Waals surface area contributed by atoms with Crippen LogP contribution in [0.5, 0.6) is 5.75 Å². The quantitative estimate of drug-likeness (QED) is 0.341. The molecule has 0 aliphatic heterocycles. The fourth-order valence-corrected chi connectivity index (χ4v) is 3.88. The van der Waals surface area contributed by atoms with E-state index in [4.69, 9.17) is 0 Å². The van der Waals surface area contributed by atoms with Gasteiger partial charge in [0, 0.05) is 41.4 Å². The predicted octanol–water partition coefficient (Wildman–Crippen LogP) is 4.55. The van der Waals surface area contributed by atoms with Crippen LogP contribution in [0.2, 0.25) is 0 Å². The molecule has 7 heteroatoms. The Morgan fingerprint density at radius 1 is 1.16 bits per heavy atom. The third kappa shape index (κ3) is 6.59. The maximum atomic E-state index is 9.76. The molecule has 0 aliphatic carbocycles. The molecule has 0 radical (unpaired) electrons. The predicted molar refractivity (Wildman–Crippen MR) is 129 cm³/mol. The van der Waals surface area contributed by atoms with Gasteiger partial charge < -0.3 is 25.6 Å². The lowest BCUT2D eigenvalue weighted by molar-refractivity contribution is 0.295. The molecule has 0 spiro atoms. The summed E-state index contributed by atoms with van der Waals surface area (Å²) in [5, 5.41) is 17.7. The number of aromatic amines is 1. The highest BCUT2D eigenvalue weighted by atomic mass is 16.3. The molecule has 7 nitrogen and oxygen atoms in total. The molecule has 1 aromatic carbocycles. The second-order valence-electron chi connectivity index (χ2n) is 8.15. The van der Waals surface area contributed by atoms with Crippen molar-refractivity contribution >= 4 is 22.7 Å². The number of benzene rings is 1. The molecule has 168 valence electrons. The van der Waals surface area contributed by atoms with Gasteiger partial charge in [-0.25, -0.2) is 4.98 Å². The molecule has 4 N–H and O–H groups in total. The molecular weight excluding hydrogens is 388 g/mol. The van der Waals surface area contributed by atoms with Crippen molar-refractivity contribution in [2.75, 3.05) is 36.8 Å². The summed E-state index contributed by atoms with van der Waals surface area (Å²) < 4.78 is 0. The number of aromatic hydroxyl groups is 1. The largest absolute Gasteiger partial charge is 0.508 e. The summed E-state index contributed by atoms with van der Waals surface area (Å²) in [6.45, 7) is 12.7. The van der Waals surface area contributed by atoms with Crippen LogP contribution in [0.1, 0.15) is 44.9 Å². The second kappa shape index (κ2) is 11.0. The normalized spacial score (nSPS) is 12.4. The molecule has 31 heavy (non-hydrogen) atoms. The summed E-state index contributed by atoms with van der Waals surface area (Å²) in [6, 6.07) is 7.70. The standard InChI is InChI=1S/C24H36N6O/c1-5-30(6-2)13-7-8-17(3)27-24-28-18(4)14-23(29-24)25-12-11-19-16-26-22-10-9-20(31)15-21(19)22/h9-10,14-17,26,31H,5-8,11-13H2,1-4H3,(H2,25,27,28,29). The van der Waals surface area contributed by atoms with Gasteiger partial charge in [0.1, 0.15) is 11.6 Å². The molecule has 1 unspecified atom stereocenters. The first-order valence-corrected chi connectivity index (χ1v) is 11.4. The van der Waals surface area contributed by atoms with Crippen LogP contribution in [0.25, 0.3) is 10.9 Å². The van der Waals surface area contributed by atoms with E-state index in [1.54, 1.807) is 12.1 Å². The van der Waals surface area contributed by atoms with Gasteiger partial charge in [-0.3, -0.25) is 0 Å². The minimum Gasteiger partial charge on any atom is -0.508 e. The first-order valence-electron chi connectivity index (χ1n) is 11.4. The molecular formula is C24H36N6O. The smallest absolute Gasteiger partial charge is 0.225 e. The molecule has 1 atom stereocenters. The Bertz CT molecular complexity index is 966. The minimum absolute atomic E-state index is 0.287. The number of aryl methyl sites for hydroxylation is 1. The number of rotatable bonds is 12. The maximum Gasteiger partial charge on any atom is 0.225 e. The number of hydrogen-bond donors (Lipinski definition) is 4. The van der Waals surface area contributed by atoms with Gasteiger partial charge in [-0.05, 0) is 76.5 Å². The van der Waals surface area contributed by atoms with E-state index in [1.807, 2.05) is 25.3 Å². The van der Waals surface area contributed by atoms with Gasteiger partial charge >= 0.3 is 0 Å². The fraction of sp³-hybridized carbons (Fsp3) is 0.500. The summed E-state index contributed by atoms with van der Waals surface area (Å²) in [6.07, 6.45) is 5.08. The molecule has 0 aliphatic rings. The molecule has 0 saturated heterocycles.